The van der Waals surface area contributed by atoms with Gasteiger partial charge in [0.1, 0.15) is 10.6 Å². The van der Waals surface area contributed by atoms with Gasteiger partial charge >= 0.3 is 5.97 Å². The van der Waals surface area contributed by atoms with E-state index in [4.69, 9.17) is 9.47 Å². The molecule has 0 fully saturated rings. The zero-order valence-corrected chi connectivity index (χ0v) is 16.4. The highest BCUT2D eigenvalue weighted by atomic mass is 79.9. The van der Waals surface area contributed by atoms with Crippen LogP contribution in [0.5, 0.6) is 5.75 Å². The first kappa shape index (κ1) is 19.3. The van der Waals surface area contributed by atoms with Gasteiger partial charge in [-0.15, -0.1) is 0 Å². The van der Waals surface area contributed by atoms with Crippen molar-refractivity contribution in [3.8, 4) is 5.75 Å². The lowest BCUT2D eigenvalue weighted by atomic mass is 10.2. The number of carbonyl (C=O) groups is 1. The topological polar surface area (TPSA) is 81.7 Å². The number of ether oxygens (including phenoxy) is 2. The van der Waals surface area contributed by atoms with Crippen molar-refractivity contribution in [2.24, 2.45) is 0 Å². The van der Waals surface area contributed by atoms with Gasteiger partial charge in [-0.1, -0.05) is 15.9 Å². The van der Waals surface area contributed by atoms with Gasteiger partial charge in [0.25, 0.3) is 10.0 Å². The Hall–Kier alpha value is -2.06. The zero-order chi connectivity index (χ0) is 18.6. The van der Waals surface area contributed by atoms with Crippen molar-refractivity contribution >= 4 is 37.6 Å². The number of sulfonamides is 1. The second kappa shape index (κ2) is 7.88. The number of aryl methyl sites for hydroxylation is 1. The number of esters is 1. The fourth-order valence-electron chi connectivity index (χ4n) is 2.11. The van der Waals surface area contributed by atoms with Crippen molar-refractivity contribution in [3.05, 3.63) is 52.0 Å². The molecule has 0 unspecified atom stereocenters. The molecule has 0 aliphatic rings. The van der Waals surface area contributed by atoms with E-state index in [9.17, 15) is 13.2 Å². The van der Waals surface area contributed by atoms with Gasteiger partial charge in [-0.05, 0) is 55.8 Å². The molecule has 134 valence electrons. The zero-order valence-electron chi connectivity index (χ0n) is 14.0. The maximum absolute atomic E-state index is 12.7. The van der Waals surface area contributed by atoms with E-state index in [0.29, 0.717) is 15.7 Å². The van der Waals surface area contributed by atoms with Crippen LogP contribution in [0.4, 0.5) is 5.69 Å². The second-order valence-corrected chi connectivity index (χ2v) is 7.66. The van der Waals surface area contributed by atoms with Crippen LogP contribution in [-0.2, 0) is 14.8 Å². The van der Waals surface area contributed by atoms with E-state index in [2.05, 4.69) is 20.7 Å². The lowest BCUT2D eigenvalue weighted by Gasteiger charge is -2.13. The SMILES string of the molecule is CCOC(=O)c1ccc(NS(=O)(=O)c2cc(Br)c(C)cc2OC)cc1. The predicted octanol–water partition coefficient (Wildman–Crippen LogP) is 3.74. The number of benzene rings is 2. The van der Waals surface area contributed by atoms with E-state index < -0.39 is 16.0 Å². The van der Waals surface area contributed by atoms with E-state index in [-0.39, 0.29) is 17.3 Å². The molecule has 0 heterocycles. The monoisotopic (exact) mass is 427 g/mol. The Labute approximate surface area is 155 Å². The Morgan fingerprint density at radius 1 is 1.20 bits per heavy atom. The maximum atomic E-state index is 12.7. The molecule has 0 aromatic heterocycles. The molecule has 0 aliphatic heterocycles. The first-order valence-corrected chi connectivity index (χ1v) is 9.70. The van der Waals surface area contributed by atoms with Gasteiger partial charge in [-0.2, -0.15) is 0 Å². The summed E-state index contributed by atoms with van der Waals surface area (Å²) < 4.78 is 38.5. The molecule has 2 aromatic rings. The van der Waals surface area contributed by atoms with Crippen molar-refractivity contribution in [1.29, 1.82) is 0 Å². The molecule has 0 radical (unpaired) electrons. The molecule has 2 aromatic carbocycles. The number of carbonyl (C=O) groups excluding carboxylic acids is 1. The first-order chi connectivity index (χ1) is 11.8. The van der Waals surface area contributed by atoms with Gasteiger partial charge in [0, 0.05) is 10.2 Å². The lowest BCUT2D eigenvalue weighted by molar-refractivity contribution is 0.0526. The molecular formula is C17H18BrNO5S. The minimum absolute atomic E-state index is 0.0157. The fraction of sp³-hybridized carbons (Fsp3) is 0.235. The Morgan fingerprint density at radius 3 is 2.40 bits per heavy atom. The summed E-state index contributed by atoms with van der Waals surface area (Å²) in [5, 5.41) is 0. The van der Waals surface area contributed by atoms with Crippen LogP contribution in [0.25, 0.3) is 0 Å². The van der Waals surface area contributed by atoms with Gasteiger partial charge in [0.05, 0.1) is 19.3 Å². The van der Waals surface area contributed by atoms with Gasteiger partial charge in [-0.3, -0.25) is 4.72 Å². The summed E-state index contributed by atoms with van der Waals surface area (Å²) in [5.41, 5.74) is 1.53. The van der Waals surface area contributed by atoms with E-state index in [1.54, 1.807) is 13.0 Å². The van der Waals surface area contributed by atoms with Crippen molar-refractivity contribution < 1.29 is 22.7 Å². The number of nitrogens with one attached hydrogen (secondary N) is 1. The van der Waals surface area contributed by atoms with Crippen molar-refractivity contribution in [3.63, 3.8) is 0 Å². The van der Waals surface area contributed by atoms with E-state index in [1.165, 1.54) is 37.4 Å². The first-order valence-electron chi connectivity index (χ1n) is 7.42. The second-order valence-electron chi connectivity index (χ2n) is 5.16. The van der Waals surface area contributed by atoms with Gasteiger partial charge < -0.3 is 9.47 Å². The molecule has 0 amide bonds. The predicted molar refractivity (Wildman–Crippen MR) is 98.6 cm³/mol. The number of methoxy groups -OCH3 is 1. The lowest BCUT2D eigenvalue weighted by Crippen LogP contribution is -2.14. The molecule has 0 spiro atoms. The molecule has 0 bridgehead atoms. The molecule has 2 rings (SSSR count). The van der Waals surface area contributed by atoms with Crippen LogP contribution in [0.2, 0.25) is 0 Å². The van der Waals surface area contributed by atoms with E-state index in [0.717, 1.165) is 5.56 Å². The number of hydrogen-bond acceptors (Lipinski definition) is 5. The van der Waals surface area contributed by atoms with E-state index in [1.807, 2.05) is 6.92 Å². The Balaban J connectivity index is 2.30. The summed E-state index contributed by atoms with van der Waals surface area (Å²) in [6.45, 7) is 3.83. The third kappa shape index (κ3) is 4.52. The Bertz CT molecular complexity index is 879. The molecular weight excluding hydrogens is 410 g/mol. The largest absolute Gasteiger partial charge is 0.495 e. The summed E-state index contributed by atoms with van der Waals surface area (Å²) >= 11 is 3.33. The van der Waals surface area contributed by atoms with E-state index >= 15 is 0 Å². The number of hydrogen-bond donors (Lipinski definition) is 1. The standard InChI is InChI=1S/C17H18BrNO5S/c1-4-24-17(20)12-5-7-13(8-6-12)19-25(21,22)16-10-14(18)11(2)9-15(16)23-3/h5-10,19H,4H2,1-3H3. The van der Waals surface area contributed by atoms with Crippen LogP contribution in [0, 0.1) is 6.92 Å². The highest BCUT2D eigenvalue weighted by Crippen LogP contribution is 2.31. The molecule has 1 N–H and O–H groups in total. The minimum atomic E-state index is -3.86. The highest BCUT2D eigenvalue weighted by Gasteiger charge is 2.21. The molecule has 0 saturated heterocycles. The quantitative estimate of drug-likeness (QED) is 0.709. The molecule has 8 heteroatoms. The third-order valence-electron chi connectivity index (χ3n) is 3.38. The van der Waals surface area contributed by atoms with Crippen LogP contribution < -0.4 is 9.46 Å². The van der Waals surface area contributed by atoms with Gasteiger partial charge in [-0.25, -0.2) is 13.2 Å². The number of anilines is 1. The molecule has 25 heavy (non-hydrogen) atoms. The normalized spacial score (nSPS) is 11.0. The summed E-state index contributed by atoms with van der Waals surface area (Å²) in [4.78, 5) is 11.6. The van der Waals surface area contributed by atoms with Crippen molar-refractivity contribution in [2.75, 3.05) is 18.4 Å². The van der Waals surface area contributed by atoms with Crippen LogP contribution >= 0.6 is 15.9 Å². The van der Waals surface area contributed by atoms with Crippen LogP contribution in [0.15, 0.2) is 45.8 Å². The smallest absolute Gasteiger partial charge is 0.338 e. The molecule has 0 saturated carbocycles. The Kier molecular flexibility index (Phi) is 6.07. The fourth-order valence-corrected chi connectivity index (χ4v) is 3.84. The van der Waals surface area contributed by atoms with Gasteiger partial charge in [0.15, 0.2) is 0 Å². The molecule has 6 nitrogen and oxygen atoms in total. The molecule has 0 atom stereocenters. The average molecular weight is 428 g/mol. The minimum Gasteiger partial charge on any atom is -0.495 e. The van der Waals surface area contributed by atoms with Crippen LogP contribution in [-0.4, -0.2) is 28.1 Å². The number of rotatable bonds is 6. The Morgan fingerprint density at radius 2 is 1.84 bits per heavy atom. The summed E-state index contributed by atoms with van der Waals surface area (Å²) in [7, 11) is -2.45. The summed E-state index contributed by atoms with van der Waals surface area (Å²) in [5.74, 6) is -0.211. The summed E-state index contributed by atoms with van der Waals surface area (Å²) in [6, 6.07) is 9.13. The van der Waals surface area contributed by atoms with Gasteiger partial charge in [0.2, 0.25) is 0 Å². The number of halogens is 1. The molecule has 0 aliphatic carbocycles. The van der Waals surface area contributed by atoms with Crippen LogP contribution in [0.1, 0.15) is 22.8 Å². The van der Waals surface area contributed by atoms with Crippen molar-refractivity contribution in [2.45, 2.75) is 18.7 Å². The van der Waals surface area contributed by atoms with Crippen molar-refractivity contribution in [1.82, 2.24) is 0 Å². The average Bonchev–Trinajstić information content (AvgIpc) is 2.57. The third-order valence-corrected chi connectivity index (χ3v) is 5.64. The van der Waals surface area contributed by atoms with Crippen LogP contribution in [0.3, 0.4) is 0 Å². The summed E-state index contributed by atoms with van der Waals surface area (Å²) in [6.07, 6.45) is 0. The maximum Gasteiger partial charge on any atom is 0.338 e. The highest BCUT2D eigenvalue weighted by molar-refractivity contribution is 9.10.